The third kappa shape index (κ3) is 2.08. The third-order valence-electron chi connectivity index (χ3n) is 2.92. The van der Waals surface area contributed by atoms with E-state index in [1.807, 2.05) is 0 Å². The Labute approximate surface area is 114 Å². The molecule has 0 radical (unpaired) electrons. The average molecular weight is 283 g/mol. The highest BCUT2D eigenvalue weighted by Gasteiger charge is 2.28. The summed E-state index contributed by atoms with van der Waals surface area (Å²) in [6, 6.07) is 6.30. The fourth-order valence-corrected chi connectivity index (χ4v) is 2.44. The van der Waals surface area contributed by atoms with Gasteiger partial charge in [-0.25, -0.2) is 14.4 Å². The van der Waals surface area contributed by atoms with E-state index in [-0.39, 0.29) is 16.1 Å². The molecule has 92 valence electrons. The molecule has 5 heteroatoms. The lowest BCUT2D eigenvalue weighted by Gasteiger charge is -2.08. The van der Waals surface area contributed by atoms with Gasteiger partial charge >= 0.3 is 0 Å². The molecule has 3 rings (SSSR count). The Morgan fingerprint density at radius 1 is 1.06 bits per heavy atom. The minimum Gasteiger partial charge on any atom is -0.220 e. The molecule has 1 saturated carbocycles. The first kappa shape index (κ1) is 11.9. The predicted octanol–water partition coefficient (Wildman–Crippen LogP) is 4.47. The molecule has 0 atom stereocenters. The number of rotatable bonds is 2. The van der Waals surface area contributed by atoms with Gasteiger partial charge in [0.05, 0.1) is 5.56 Å². The summed E-state index contributed by atoms with van der Waals surface area (Å²) in [5, 5.41) is 0.420. The third-order valence-corrected chi connectivity index (χ3v) is 3.47. The van der Waals surface area contributed by atoms with E-state index >= 15 is 0 Å². The van der Waals surface area contributed by atoms with Crippen molar-refractivity contribution in [2.24, 2.45) is 0 Å². The normalized spacial score (nSPS) is 14.8. The molecule has 2 nitrogen and oxygen atoms in total. The van der Waals surface area contributed by atoms with E-state index in [4.69, 9.17) is 23.2 Å². The van der Waals surface area contributed by atoms with Gasteiger partial charge in [-0.15, -0.1) is 0 Å². The Bertz CT molecular complexity index is 589. The maximum atomic E-state index is 13.7. The van der Waals surface area contributed by atoms with Crippen LogP contribution in [-0.2, 0) is 0 Å². The Balaban J connectivity index is 2.15. The average Bonchev–Trinajstić information content (AvgIpc) is 3.14. The topological polar surface area (TPSA) is 25.8 Å². The molecule has 1 aromatic carbocycles. The molecule has 1 aromatic heterocycles. The van der Waals surface area contributed by atoms with Crippen LogP contribution in [-0.4, -0.2) is 9.97 Å². The van der Waals surface area contributed by atoms with E-state index in [2.05, 4.69) is 9.97 Å². The lowest BCUT2D eigenvalue weighted by atomic mass is 10.1. The van der Waals surface area contributed by atoms with Gasteiger partial charge in [-0.05, 0) is 18.9 Å². The van der Waals surface area contributed by atoms with Crippen molar-refractivity contribution in [3.8, 4) is 11.1 Å². The molecule has 0 bridgehead atoms. The van der Waals surface area contributed by atoms with Crippen molar-refractivity contribution in [2.75, 3.05) is 0 Å². The van der Waals surface area contributed by atoms with Crippen molar-refractivity contribution in [1.82, 2.24) is 9.97 Å². The van der Waals surface area contributed by atoms with Gasteiger partial charge in [-0.1, -0.05) is 41.4 Å². The van der Waals surface area contributed by atoms with Gasteiger partial charge in [0.1, 0.15) is 21.9 Å². The molecule has 2 aromatic rings. The molecule has 0 saturated heterocycles. The van der Waals surface area contributed by atoms with Gasteiger partial charge in [0.15, 0.2) is 0 Å². The number of hydrogen-bond donors (Lipinski definition) is 0. The summed E-state index contributed by atoms with van der Waals surface area (Å²) in [4.78, 5) is 8.43. The summed E-state index contributed by atoms with van der Waals surface area (Å²) in [7, 11) is 0. The smallest absolute Gasteiger partial charge is 0.142 e. The summed E-state index contributed by atoms with van der Waals surface area (Å²) >= 11 is 12.2. The second-order valence-electron chi connectivity index (χ2n) is 4.29. The van der Waals surface area contributed by atoms with Crippen LogP contribution in [0.1, 0.15) is 24.6 Å². The molecule has 1 fully saturated rings. The van der Waals surface area contributed by atoms with E-state index in [1.165, 1.54) is 6.07 Å². The zero-order valence-corrected chi connectivity index (χ0v) is 10.8. The van der Waals surface area contributed by atoms with E-state index < -0.39 is 0 Å². The number of halogens is 3. The van der Waals surface area contributed by atoms with Gasteiger partial charge in [0.25, 0.3) is 0 Å². The van der Waals surface area contributed by atoms with Crippen molar-refractivity contribution in [3.63, 3.8) is 0 Å². The van der Waals surface area contributed by atoms with Crippen molar-refractivity contribution < 1.29 is 4.39 Å². The minimum absolute atomic E-state index is 0.210. The zero-order valence-electron chi connectivity index (χ0n) is 9.33. The molecule has 0 unspecified atom stereocenters. The van der Waals surface area contributed by atoms with Crippen LogP contribution in [0, 0.1) is 5.82 Å². The Kier molecular flexibility index (Phi) is 2.96. The molecular weight excluding hydrogens is 274 g/mol. The highest BCUT2D eigenvalue weighted by molar-refractivity contribution is 6.37. The van der Waals surface area contributed by atoms with Gasteiger partial charge in [-0.3, -0.25) is 0 Å². The van der Waals surface area contributed by atoms with Crippen LogP contribution in [0.15, 0.2) is 24.3 Å². The number of benzene rings is 1. The molecule has 1 heterocycles. The van der Waals surface area contributed by atoms with E-state index in [1.54, 1.807) is 18.2 Å². The van der Waals surface area contributed by atoms with E-state index in [0.29, 0.717) is 22.9 Å². The molecule has 0 amide bonds. The van der Waals surface area contributed by atoms with Crippen molar-refractivity contribution in [2.45, 2.75) is 18.8 Å². The van der Waals surface area contributed by atoms with Crippen molar-refractivity contribution >= 4 is 23.2 Å². The lowest BCUT2D eigenvalue weighted by Crippen LogP contribution is -1.98. The molecule has 18 heavy (non-hydrogen) atoms. The van der Waals surface area contributed by atoms with Crippen LogP contribution in [0.5, 0.6) is 0 Å². The quantitative estimate of drug-likeness (QED) is 0.760. The molecule has 1 aliphatic rings. The summed E-state index contributed by atoms with van der Waals surface area (Å²) < 4.78 is 13.7. The van der Waals surface area contributed by atoms with Gasteiger partial charge in [0.2, 0.25) is 0 Å². The lowest BCUT2D eigenvalue weighted by molar-refractivity contribution is 0.631. The van der Waals surface area contributed by atoms with Gasteiger partial charge in [-0.2, -0.15) is 0 Å². The maximum Gasteiger partial charge on any atom is 0.142 e. The summed E-state index contributed by atoms with van der Waals surface area (Å²) in [5.74, 6) is 0.629. The summed E-state index contributed by atoms with van der Waals surface area (Å²) in [6.45, 7) is 0. The first-order chi connectivity index (χ1) is 8.66. The van der Waals surface area contributed by atoms with Gasteiger partial charge in [0, 0.05) is 11.5 Å². The predicted molar refractivity (Wildman–Crippen MR) is 69.4 cm³/mol. The molecule has 1 aliphatic carbocycles. The van der Waals surface area contributed by atoms with Crippen LogP contribution in [0.4, 0.5) is 4.39 Å². The summed E-state index contributed by atoms with van der Waals surface area (Å²) in [6.07, 6.45) is 2.12. The number of hydrogen-bond acceptors (Lipinski definition) is 2. The van der Waals surface area contributed by atoms with Gasteiger partial charge < -0.3 is 0 Å². The first-order valence-corrected chi connectivity index (χ1v) is 6.40. The zero-order chi connectivity index (χ0) is 12.7. The standard InChI is InChI=1S/C13H9Cl2FN2/c14-11-10(8-3-1-2-4-9(8)16)12(15)18-13(17-11)7-5-6-7/h1-4,7H,5-6H2. The monoisotopic (exact) mass is 282 g/mol. The van der Waals surface area contributed by atoms with Crippen LogP contribution in [0.3, 0.4) is 0 Å². The largest absolute Gasteiger partial charge is 0.220 e. The highest BCUT2D eigenvalue weighted by atomic mass is 35.5. The summed E-state index contributed by atoms with van der Waals surface area (Å²) in [5.41, 5.74) is 0.690. The fourth-order valence-electron chi connectivity index (χ4n) is 1.83. The molecule has 0 N–H and O–H groups in total. The number of aromatic nitrogens is 2. The maximum absolute atomic E-state index is 13.7. The van der Waals surface area contributed by atoms with Crippen molar-refractivity contribution in [3.05, 3.63) is 46.2 Å². The van der Waals surface area contributed by atoms with E-state index in [9.17, 15) is 4.39 Å². The van der Waals surface area contributed by atoms with Crippen LogP contribution >= 0.6 is 23.2 Å². The Morgan fingerprint density at radius 2 is 1.67 bits per heavy atom. The molecule has 0 spiro atoms. The number of nitrogens with zero attached hydrogens (tertiary/aromatic N) is 2. The molecular formula is C13H9Cl2FN2. The highest BCUT2D eigenvalue weighted by Crippen LogP contribution is 2.41. The molecule has 0 aliphatic heterocycles. The first-order valence-electron chi connectivity index (χ1n) is 5.64. The second-order valence-corrected chi connectivity index (χ2v) is 5.01. The fraction of sp³-hybridized carbons (Fsp3) is 0.231. The van der Waals surface area contributed by atoms with Crippen LogP contribution in [0.2, 0.25) is 10.3 Å². The van der Waals surface area contributed by atoms with Crippen LogP contribution in [0.25, 0.3) is 11.1 Å². The van der Waals surface area contributed by atoms with Crippen molar-refractivity contribution in [1.29, 1.82) is 0 Å². The Hall–Kier alpha value is -1.19. The Morgan fingerprint density at radius 3 is 2.22 bits per heavy atom. The SMILES string of the molecule is Fc1ccccc1-c1c(Cl)nc(C2CC2)nc1Cl. The van der Waals surface area contributed by atoms with E-state index in [0.717, 1.165) is 12.8 Å². The van der Waals surface area contributed by atoms with Crippen LogP contribution < -0.4 is 0 Å². The second kappa shape index (κ2) is 4.48. The minimum atomic E-state index is -0.385.